The second-order valence-electron chi connectivity index (χ2n) is 2.70. The number of carboxylic acids is 1. The van der Waals surface area contributed by atoms with Gasteiger partial charge in [0.25, 0.3) is 0 Å². The van der Waals surface area contributed by atoms with E-state index < -0.39 is 16.6 Å². The van der Waals surface area contributed by atoms with Gasteiger partial charge in [0.15, 0.2) is 0 Å². The summed E-state index contributed by atoms with van der Waals surface area (Å²) < 4.78 is 0. The van der Waals surface area contributed by atoms with Crippen molar-refractivity contribution in [1.29, 1.82) is 0 Å². The van der Waals surface area contributed by atoms with Crippen LogP contribution in [0.4, 0.5) is 5.69 Å². The van der Waals surface area contributed by atoms with Gasteiger partial charge in [0, 0.05) is 5.56 Å². The number of hydrogen-bond donors (Lipinski definition) is 1. The third-order valence-corrected chi connectivity index (χ3v) is 2.20. The highest BCUT2D eigenvalue weighted by molar-refractivity contribution is 6.30. The van der Waals surface area contributed by atoms with Gasteiger partial charge in [-0.1, -0.05) is 18.5 Å². The predicted octanol–water partition coefficient (Wildman–Crippen LogP) is 1.90. The Morgan fingerprint density at radius 2 is 2.33 bits per heavy atom. The summed E-state index contributed by atoms with van der Waals surface area (Å²) in [5, 5.41) is 19.4. The number of aromatic nitrogens is 1. The first-order valence-electron chi connectivity index (χ1n) is 4.04. The molecule has 0 spiro atoms. The van der Waals surface area contributed by atoms with Gasteiger partial charge in [0.2, 0.25) is 0 Å². The van der Waals surface area contributed by atoms with Gasteiger partial charge >= 0.3 is 11.7 Å². The number of nitro groups is 1. The molecule has 0 bridgehead atoms. The van der Waals surface area contributed by atoms with Gasteiger partial charge in [0.1, 0.15) is 16.9 Å². The van der Waals surface area contributed by atoms with Crippen molar-refractivity contribution >= 4 is 23.3 Å². The molecule has 0 fully saturated rings. The number of pyridine rings is 1. The normalized spacial score (nSPS) is 10.0. The first kappa shape index (κ1) is 11.4. The van der Waals surface area contributed by atoms with Gasteiger partial charge in [-0.2, -0.15) is 0 Å². The predicted molar refractivity (Wildman–Crippen MR) is 52.2 cm³/mol. The third kappa shape index (κ3) is 2.04. The largest absolute Gasteiger partial charge is 0.477 e. The molecule has 0 saturated heterocycles. The van der Waals surface area contributed by atoms with Gasteiger partial charge in [-0.05, 0) is 6.42 Å². The van der Waals surface area contributed by atoms with Crippen molar-refractivity contribution in [1.82, 2.24) is 4.98 Å². The van der Waals surface area contributed by atoms with Crippen LogP contribution >= 0.6 is 11.6 Å². The summed E-state index contributed by atoms with van der Waals surface area (Å²) >= 11 is 5.65. The van der Waals surface area contributed by atoms with Gasteiger partial charge in [-0.25, -0.2) is 9.78 Å². The number of rotatable bonds is 3. The van der Waals surface area contributed by atoms with Crippen molar-refractivity contribution in [2.45, 2.75) is 13.3 Å². The van der Waals surface area contributed by atoms with Crippen LogP contribution in [0.25, 0.3) is 0 Å². The van der Waals surface area contributed by atoms with Gasteiger partial charge < -0.3 is 5.11 Å². The van der Waals surface area contributed by atoms with Crippen molar-refractivity contribution in [2.75, 3.05) is 0 Å². The molecule has 0 aliphatic heterocycles. The van der Waals surface area contributed by atoms with Crippen molar-refractivity contribution in [3.8, 4) is 0 Å². The lowest BCUT2D eigenvalue weighted by atomic mass is 10.1. The Labute approximate surface area is 89.7 Å². The maximum Gasteiger partial charge on any atom is 0.343 e. The molecule has 0 unspecified atom stereocenters. The molecular formula is C8H7ClN2O4. The van der Waals surface area contributed by atoms with E-state index in [-0.39, 0.29) is 22.7 Å². The van der Waals surface area contributed by atoms with Crippen molar-refractivity contribution in [3.05, 3.63) is 32.6 Å². The molecule has 7 heteroatoms. The summed E-state index contributed by atoms with van der Waals surface area (Å²) in [7, 11) is 0. The Kier molecular flexibility index (Phi) is 3.21. The van der Waals surface area contributed by atoms with Crippen LogP contribution in [-0.2, 0) is 6.42 Å². The molecule has 0 saturated carbocycles. The molecule has 1 aromatic heterocycles. The van der Waals surface area contributed by atoms with Crippen LogP contribution < -0.4 is 0 Å². The summed E-state index contributed by atoms with van der Waals surface area (Å²) in [6, 6.07) is 0. The van der Waals surface area contributed by atoms with Crippen molar-refractivity contribution in [3.63, 3.8) is 0 Å². The lowest BCUT2D eigenvalue weighted by Crippen LogP contribution is -2.08. The fourth-order valence-corrected chi connectivity index (χ4v) is 1.49. The molecule has 6 nitrogen and oxygen atoms in total. The zero-order chi connectivity index (χ0) is 11.6. The minimum absolute atomic E-state index is 0.0134. The highest BCUT2D eigenvalue weighted by Gasteiger charge is 2.25. The molecular weight excluding hydrogens is 224 g/mol. The standard InChI is InChI=1S/C8H7ClN2O4/c1-2-4-6(8(12)13)5(11(14)15)3-10-7(4)9/h3H,2H2,1H3,(H,12,13). The second-order valence-corrected chi connectivity index (χ2v) is 3.06. The van der Waals surface area contributed by atoms with E-state index in [4.69, 9.17) is 16.7 Å². The Morgan fingerprint density at radius 1 is 1.73 bits per heavy atom. The van der Waals surface area contributed by atoms with Crippen LogP contribution in [-0.4, -0.2) is 21.0 Å². The van der Waals surface area contributed by atoms with Crippen LogP contribution in [0.2, 0.25) is 5.15 Å². The van der Waals surface area contributed by atoms with Crippen molar-refractivity contribution < 1.29 is 14.8 Å². The summed E-state index contributed by atoms with van der Waals surface area (Å²) in [4.78, 5) is 24.2. The summed E-state index contributed by atoms with van der Waals surface area (Å²) in [6.07, 6.45) is 1.13. The van der Waals surface area contributed by atoms with E-state index in [1.807, 2.05) is 0 Å². The van der Waals surface area contributed by atoms with Crippen LogP contribution in [0.3, 0.4) is 0 Å². The second kappa shape index (κ2) is 4.22. The first-order valence-corrected chi connectivity index (χ1v) is 4.41. The minimum Gasteiger partial charge on any atom is -0.477 e. The number of halogens is 1. The average Bonchev–Trinajstić information content (AvgIpc) is 2.16. The number of aromatic carboxylic acids is 1. The van der Waals surface area contributed by atoms with Crippen LogP contribution in [0.15, 0.2) is 6.20 Å². The van der Waals surface area contributed by atoms with Gasteiger partial charge in [-0.3, -0.25) is 10.1 Å². The fourth-order valence-electron chi connectivity index (χ4n) is 1.22. The zero-order valence-electron chi connectivity index (χ0n) is 7.73. The van der Waals surface area contributed by atoms with Crippen molar-refractivity contribution in [2.24, 2.45) is 0 Å². The Balaban J connectivity index is 3.56. The molecule has 15 heavy (non-hydrogen) atoms. The fraction of sp³-hybridized carbons (Fsp3) is 0.250. The quantitative estimate of drug-likeness (QED) is 0.486. The highest BCUT2D eigenvalue weighted by Crippen LogP contribution is 2.26. The molecule has 0 amide bonds. The molecule has 0 radical (unpaired) electrons. The molecule has 80 valence electrons. The zero-order valence-corrected chi connectivity index (χ0v) is 8.48. The lowest BCUT2D eigenvalue weighted by Gasteiger charge is -2.05. The lowest BCUT2D eigenvalue weighted by molar-refractivity contribution is -0.385. The Morgan fingerprint density at radius 3 is 2.73 bits per heavy atom. The van der Waals surface area contributed by atoms with Crippen LogP contribution in [0.5, 0.6) is 0 Å². The number of carboxylic acid groups (broad SMARTS) is 1. The minimum atomic E-state index is -1.37. The highest BCUT2D eigenvalue weighted by atomic mass is 35.5. The topological polar surface area (TPSA) is 93.3 Å². The molecule has 1 heterocycles. The summed E-state index contributed by atoms with van der Waals surface area (Å²) in [5.41, 5.74) is -0.746. The molecule has 1 aromatic rings. The first-order chi connectivity index (χ1) is 6.99. The van der Waals surface area contributed by atoms with E-state index >= 15 is 0 Å². The number of carbonyl (C=O) groups is 1. The molecule has 0 aromatic carbocycles. The number of nitrogens with zero attached hydrogens (tertiary/aromatic N) is 2. The van der Waals surface area contributed by atoms with E-state index in [2.05, 4.69) is 4.98 Å². The monoisotopic (exact) mass is 230 g/mol. The van der Waals surface area contributed by atoms with Gasteiger partial charge in [-0.15, -0.1) is 0 Å². The van der Waals surface area contributed by atoms with E-state index in [0.717, 1.165) is 6.20 Å². The smallest absolute Gasteiger partial charge is 0.343 e. The maximum absolute atomic E-state index is 10.9. The van der Waals surface area contributed by atoms with Crippen LogP contribution in [0.1, 0.15) is 22.8 Å². The third-order valence-electron chi connectivity index (χ3n) is 1.87. The Bertz CT molecular complexity index is 433. The maximum atomic E-state index is 10.9. The summed E-state index contributed by atoms with van der Waals surface area (Å²) in [5.74, 6) is -1.37. The molecule has 0 aliphatic rings. The SMILES string of the molecule is CCc1c(Cl)ncc([N+](=O)[O-])c1C(=O)O. The van der Waals surface area contributed by atoms with E-state index in [0.29, 0.717) is 0 Å². The summed E-state index contributed by atoms with van der Waals surface area (Å²) in [6.45, 7) is 1.65. The number of hydrogen-bond acceptors (Lipinski definition) is 4. The molecule has 1 rings (SSSR count). The van der Waals surface area contributed by atoms with E-state index in [1.54, 1.807) is 6.92 Å². The molecule has 0 aliphatic carbocycles. The average molecular weight is 231 g/mol. The van der Waals surface area contributed by atoms with Crippen LogP contribution in [0, 0.1) is 10.1 Å². The molecule has 1 N–H and O–H groups in total. The van der Waals surface area contributed by atoms with E-state index in [1.165, 1.54) is 0 Å². The van der Waals surface area contributed by atoms with E-state index in [9.17, 15) is 14.9 Å². The Hall–Kier alpha value is -1.69. The molecule has 0 atom stereocenters. The van der Waals surface area contributed by atoms with Gasteiger partial charge in [0.05, 0.1) is 4.92 Å².